The molecule has 0 bridgehead atoms. The number of H-pyrrole nitrogens is 1. The van der Waals surface area contributed by atoms with Crippen LogP contribution in [0.4, 0.5) is 0 Å². The smallest absolute Gasteiger partial charge is 0.121 e. The van der Waals surface area contributed by atoms with Crippen LogP contribution in [-0.4, -0.2) is 52.4 Å². The molecule has 102 valence electrons. The van der Waals surface area contributed by atoms with Gasteiger partial charge in [-0.3, -0.25) is 4.90 Å². The molecule has 2 aromatic rings. The van der Waals surface area contributed by atoms with Crippen LogP contribution in [-0.2, 0) is 11.3 Å². The normalized spacial score (nSPS) is 21.1. The van der Waals surface area contributed by atoms with Crippen LogP contribution >= 0.6 is 15.9 Å². The molecule has 0 radical (unpaired) electrons. The van der Waals surface area contributed by atoms with Crippen molar-refractivity contribution >= 4 is 27.0 Å². The molecule has 19 heavy (non-hydrogen) atoms. The predicted octanol–water partition coefficient (Wildman–Crippen LogP) is 1.52. The molecule has 1 aromatic heterocycles. The lowest BCUT2D eigenvalue weighted by molar-refractivity contribution is -0.0556. The fourth-order valence-electron chi connectivity index (χ4n) is 2.36. The molecular formula is C13H16BrN3O2. The molecule has 3 rings (SSSR count). The highest BCUT2D eigenvalue weighted by molar-refractivity contribution is 9.10. The summed E-state index contributed by atoms with van der Waals surface area (Å²) in [6.45, 7) is 3.11. The molecule has 0 amide bonds. The number of morpholine rings is 1. The minimum atomic E-state index is -0.0766. The number of rotatable bonds is 3. The SMILES string of the molecule is OC[C@@H]1CN(Cc2nc3ccc(Br)cc3[nH]2)CCO1. The number of ether oxygens (including phenoxy) is 1. The number of aromatic nitrogens is 2. The third kappa shape index (κ3) is 2.97. The Hall–Kier alpha value is -0.950. The predicted molar refractivity (Wildman–Crippen MR) is 75.9 cm³/mol. The van der Waals surface area contributed by atoms with Crippen molar-refractivity contribution in [1.82, 2.24) is 14.9 Å². The third-order valence-corrected chi connectivity index (χ3v) is 3.79. The molecule has 2 heterocycles. The van der Waals surface area contributed by atoms with E-state index in [9.17, 15) is 0 Å². The van der Waals surface area contributed by atoms with Gasteiger partial charge in [-0.1, -0.05) is 15.9 Å². The fraction of sp³-hybridized carbons (Fsp3) is 0.462. The number of aliphatic hydroxyl groups is 1. The van der Waals surface area contributed by atoms with Crippen LogP contribution in [0, 0.1) is 0 Å². The molecule has 0 spiro atoms. The van der Waals surface area contributed by atoms with Gasteiger partial charge in [0.05, 0.1) is 36.9 Å². The van der Waals surface area contributed by atoms with E-state index in [1.807, 2.05) is 18.2 Å². The zero-order valence-corrected chi connectivity index (χ0v) is 12.1. The van der Waals surface area contributed by atoms with Crippen LogP contribution in [0.3, 0.4) is 0 Å². The molecule has 5 nitrogen and oxygen atoms in total. The number of benzene rings is 1. The van der Waals surface area contributed by atoms with Gasteiger partial charge in [0, 0.05) is 17.6 Å². The van der Waals surface area contributed by atoms with Crippen molar-refractivity contribution in [2.45, 2.75) is 12.6 Å². The van der Waals surface area contributed by atoms with Gasteiger partial charge in [0.1, 0.15) is 5.82 Å². The number of hydrogen-bond acceptors (Lipinski definition) is 4. The second kappa shape index (κ2) is 5.58. The van der Waals surface area contributed by atoms with Gasteiger partial charge in [0.25, 0.3) is 0 Å². The van der Waals surface area contributed by atoms with E-state index in [-0.39, 0.29) is 12.7 Å². The van der Waals surface area contributed by atoms with Crippen LogP contribution in [0.1, 0.15) is 5.82 Å². The van der Waals surface area contributed by atoms with E-state index in [0.717, 1.165) is 41.0 Å². The number of nitrogens with one attached hydrogen (secondary N) is 1. The largest absolute Gasteiger partial charge is 0.394 e. The van der Waals surface area contributed by atoms with E-state index < -0.39 is 0 Å². The number of aromatic amines is 1. The third-order valence-electron chi connectivity index (χ3n) is 3.29. The first-order valence-corrected chi connectivity index (χ1v) is 7.13. The van der Waals surface area contributed by atoms with E-state index >= 15 is 0 Å². The highest BCUT2D eigenvalue weighted by Crippen LogP contribution is 2.18. The van der Waals surface area contributed by atoms with Gasteiger partial charge in [-0.25, -0.2) is 4.98 Å². The Morgan fingerprint density at radius 2 is 2.42 bits per heavy atom. The molecule has 0 unspecified atom stereocenters. The van der Waals surface area contributed by atoms with Gasteiger partial charge in [0.2, 0.25) is 0 Å². The maximum Gasteiger partial charge on any atom is 0.121 e. The second-order valence-corrected chi connectivity index (χ2v) is 5.67. The van der Waals surface area contributed by atoms with E-state index in [1.54, 1.807) is 0 Å². The number of aliphatic hydroxyl groups excluding tert-OH is 1. The summed E-state index contributed by atoms with van der Waals surface area (Å²) >= 11 is 3.45. The van der Waals surface area contributed by atoms with Crippen molar-refractivity contribution in [3.8, 4) is 0 Å². The Bertz CT molecular complexity index is 572. The van der Waals surface area contributed by atoms with Crippen molar-refractivity contribution in [3.05, 3.63) is 28.5 Å². The summed E-state index contributed by atoms with van der Waals surface area (Å²) in [5.74, 6) is 0.951. The van der Waals surface area contributed by atoms with Gasteiger partial charge in [-0.15, -0.1) is 0 Å². The van der Waals surface area contributed by atoms with Crippen LogP contribution in [0.15, 0.2) is 22.7 Å². The highest BCUT2D eigenvalue weighted by Gasteiger charge is 2.20. The first-order valence-electron chi connectivity index (χ1n) is 6.33. The van der Waals surface area contributed by atoms with Crippen molar-refractivity contribution in [2.75, 3.05) is 26.3 Å². The standard InChI is InChI=1S/C13H16BrN3O2/c14-9-1-2-11-12(5-9)16-13(15-11)7-17-3-4-19-10(6-17)8-18/h1-2,5,10,18H,3-4,6-8H2,(H,15,16)/t10-/m0/s1. The van der Waals surface area contributed by atoms with Crippen LogP contribution in [0.25, 0.3) is 11.0 Å². The quantitative estimate of drug-likeness (QED) is 0.898. The Morgan fingerprint density at radius 1 is 1.53 bits per heavy atom. The first kappa shape index (κ1) is 13.1. The zero-order valence-electron chi connectivity index (χ0n) is 10.5. The van der Waals surface area contributed by atoms with Crippen LogP contribution < -0.4 is 0 Å². The molecule has 6 heteroatoms. The van der Waals surface area contributed by atoms with Crippen molar-refractivity contribution in [1.29, 1.82) is 0 Å². The lowest BCUT2D eigenvalue weighted by atomic mass is 10.3. The van der Waals surface area contributed by atoms with Crippen molar-refractivity contribution < 1.29 is 9.84 Å². The summed E-state index contributed by atoms with van der Waals surface area (Å²) in [5, 5.41) is 9.14. The summed E-state index contributed by atoms with van der Waals surface area (Å²) in [7, 11) is 0. The van der Waals surface area contributed by atoms with E-state index in [2.05, 4.69) is 30.8 Å². The van der Waals surface area contributed by atoms with Gasteiger partial charge < -0.3 is 14.8 Å². The van der Waals surface area contributed by atoms with E-state index in [0.29, 0.717) is 6.61 Å². The monoisotopic (exact) mass is 325 g/mol. The summed E-state index contributed by atoms with van der Waals surface area (Å²) in [5.41, 5.74) is 2.02. The molecule has 0 saturated carbocycles. The lowest BCUT2D eigenvalue weighted by Crippen LogP contribution is -2.43. The lowest BCUT2D eigenvalue weighted by Gasteiger charge is -2.31. The maximum atomic E-state index is 9.14. The zero-order chi connectivity index (χ0) is 13.2. The Kier molecular flexibility index (Phi) is 3.83. The maximum absolute atomic E-state index is 9.14. The average molecular weight is 326 g/mol. The minimum Gasteiger partial charge on any atom is -0.394 e. The average Bonchev–Trinajstić information content (AvgIpc) is 2.80. The minimum absolute atomic E-state index is 0.0730. The molecule has 1 saturated heterocycles. The molecule has 1 atom stereocenters. The summed E-state index contributed by atoms with van der Waals surface area (Å²) < 4.78 is 6.48. The molecule has 1 fully saturated rings. The van der Waals surface area contributed by atoms with Gasteiger partial charge in [-0.05, 0) is 18.2 Å². The summed E-state index contributed by atoms with van der Waals surface area (Å²) in [4.78, 5) is 10.2. The highest BCUT2D eigenvalue weighted by atomic mass is 79.9. The molecule has 0 aliphatic carbocycles. The topological polar surface area (TPSA) is 61.4 Å². The Morgan fingerprint density at radius 3 is 3.26 bits per heavy atom. The van der Waals surface area contributed by atoms with E-state index in [1.165, 1.54) is 0 Å². The van der Waals surface area contributed by atoms with Crippen LogP contribution in [0.5, 0.6) is 0 Å². The Balaban J connectivity index is 1.74. The number of fused-ring (bicyclic) bond motifs is 1. The summed E-state index contributed by atoms with van der Waals surface area (Å²) in [6.07, 6.45) is -0.0766. The van der Waals surface area contributed by atoms with Gasteiger partial charge in [0.15, 0.2) is 0 Å². The van der Waals surface area contributed by atoms with Crippen molar-refractivity contribution in [3.63, 3.8) is 0 Å². The van der Waals surface area contributed by atoms with E-state index in [4.69, 9.17) is 9.84 Å². The fourth-order valence-corrected chi connectivity index (χ4v) is 2.72. The molecule has 2 N–H and O–H groups in total. The number of hydrogen-bond donors (Lipinski definition) is 2. The number of halogens is 1. The number of nitrogens with zero attached hydrogens (tertiary/aromatic N) is 2. The summed E-state index contributed by atoms with van der Waals surface area (Å²) in [6, 6.07) is 6.01. The van der Waals surface area contributed by atoms with Gasteiger partial charge >= 0.3 is 0 Å². The van der Waals surface area contributed by atoms with Crippen LogP contribution in [0.2, 0.25) is 0 Å². The molecule has 1 aliphatic heterocycles. The Labute approximate surface area is 119 Å². The van der Waals surface area contributed by atoms with Crippen molar-refractivity contribution in [2.24, 2.45) is 0 Å². The molecular weight excluding hydrogens is 310 g/mol. The number of imidazole rings is 1. The molecule has 1 aromatic carbocycles. The first-order chi connectivity index (χ1) is 9.24. The van der Waals surface area contributed by atoms with Gasteiger partial charge in [-0.2, -0.15) is 0 Å². The molecule has 1 aliphatic rings. The second-order valence-electron chi connectivity index (χ2n) is 4.76.